The predicted molar refractivity (Wildman–Crippen MR) is 252 cm³/mol. The zero-order valence-electron chi connectivity index (χ0n) is 38.0. The number of ether oxygens (including phenoxy) is 2. The molecule has 0 unspecified atom stereocenters. The van der Waals surface area contributed by atoms with Crippen molar-refractivity contribution < 1.29 is 33.4 Å². The number of Topliss-reactive ketones (excluding diaryl/α,β-unsaturated/α-hetero) is 1. The van der Waals surface area contributed by atoms with Crippen molar-refractivity contribution in [1.82, 2.24) is 20.4 Å². The standard InChI is InChI=1S/C54H66N4O7/c1-57(49(35-40-24-12-8-13-25-40)52(61)55-48(34-39-22-10-7-11-23-39)53(62)58-32-20-9-21-33-58)37-50(59)47(36-51(60)65-41-26-14-5-3-2-4-6-15-27-41)56-54(63)64-38-46-44-30-18-16-28-42(44)43-29-17-19-31-45(43)46/h7-8,10-13,16-19,22-25,28-31,41,46-49H,2-6,9,14-15,20-21,26-27,32-38H2,1H3,(H,55,61)(H,56,63)/t47-,48-,49-/m0/s1. The lowest BCUT2D eigenvalue weighted by Gasteiger charge is -2.33. The summed E-state index contributed by atoms with van der Waals surface area (Å²) in [5.74, 6) is -1.76. The molecule has 0 radical (unpaired) electrons. The second-order valence-corrected chi connectivity index (χ2v) is 18.1. The largest absolute Gasteiger partial charge is 0.462 e. The molecule has 2 N–H and O–H groups in total. The van der Waals surface area contributed by atoms with Crippen LogP contribution in [0.2, 0.25) is 0 Å². The van der Waals surface area contributed by atoms with Gasteiger partial charge in [0.1, 0.15) is 24.8 Å². The van der Waals surface area contributed by atoms with Crippen LogP contribution in [0.1, 0.15) is 112 Å². The maximum atomic E-state index is 14.6. The Morgan fingerprint density at radius 1 is 0.631 bits per heavy atom. The van der Waals surface area contributed by atoms with E-state index in [1.54, 1.807) is 11.9 Å². The van der Waals surface area contributed by atoms with Crippen molar-refractivity contribution in [1.29, 1.82) is 0 Å². The highest BCUT2D eigenvalue weighted by molar-refractivity contribution is 5.94. The molecule has 1 saturated heterocycles. The van der Waals surface area contributed by atoms with E-state index < -0.39 is 41.9 Å². The number of ketones is 1. The molecule has 4 aromatic rings. The van der Waals surface area contributed by atoms with Crippen molar-refractivity contribution in [2.24, 2.45) is 0 Å². The summed E-state index contributed by atoms with van der Waals surface area (Å²) in [6.45, 7) is 1.04. The molecule has 1 heterocycles. The number of hydrogen-bond acceptors (Lipinski definition) is 8. The normalized spacial score (nSPS) is 17.2. The van der Waals surface area contributed by atoms with Crippen LogP contribution < -0.4 is 10.6 Å². The Bertz CT molecular complexity index is 2140. The molecule has 0 aromatic heterocycles. The van der Waals surface area contributed by atoms with Crippen molar-refractivity contribution in [2.45, 2.75) is 126 Å². The van der Waals surface area contributed by atoms with Gasteiger partial charge in [-0.15, -0.1) is 0 Å². The van der Waals surface area contributed by atoms with Crippen molar-refractivity contribution in [2.75, 3.05) is 33.3 Å². The number of benzene rings is 4. The third-order valence-corrected chi connectivity index (χ3v) is 13.3. The first kappa shape index (κ1) is 47.2. The fraction of sp³-hybridized carbons (Fsp3) is 0.463. The maximum Gasteiger partial charge on any atom is 0.407 e. The number of nitrogens with zero attached hydrogens (tertiary/aromatic N) is 2. The summed E-state index contributed by atoms with van der Waals surface area (Å²) in [7, 11) is 1.69. The molecular formula is C54H66N4O7. The van der Waals surface area contributed by atoms with E-state index in [0.717, 1.165) is 91.2 Å². The molecule has 1 saturated carbocycles. The molecule has 2 fully saturated rings. The van der Waals surface area contributed by atoms with Gasteiger partial charge in [-0.2, -0.15) is 0 Å². The van der Waals surface area contributed by atoms with Crippen molar-refractivity contribution in [3.8, 4) is 11.1 Å². The van der Waals surface area contributed by atoms with Crippen LogP contribution in [0.4, 0.5) is 4.79 Å². The van der Waals surface area contributed by atoms with Gasteiger partial charge in [0.2, 0.25) is 11.8 Å². The monoisotopic (exact) mass is 882 g/mol. The van der Waals surface area contributed by atoms with Crippen LogP contribution >= 0.6 is 0 Å². The van der Waals surface area contributed by atoms with E-state index in [0.29, 0.717) is 19.5 Å². The van der Waals surface area contributed by atoms with Gasteiger partial charge < -0.3 is 25.0 Å². The Morgan fingerprint density at radius 2 is 1.15 bits per heavy atom. The van der Waals surface area contributed by atoms with Crippen molar-refractivity contribution in [3.05, 3.63) is 131 Å². The van der Waals surface area contributed by atoms with Gasteiger partial charge in [-0.25, -0.2) is 4.79 Å². The molecule has 65 heavy (non-hydrogen) atoms. The van der Waals surface area contributed by atoms with E-state index in [-0.39, 0.29) is 43.9 Å². The van der Waals surface area contributed by atoms with Crippen LogP contribution in [0.5, 0.6) is 0 Å². The van der Waals surface area contributed by atoms with Gasteiger partial charge in [0.25, 0.3) is 0 Å². The highest BCUT2D eigenvalue weighted by Gasteiger charge is 2.35. The molecule has 3 aliphatic rings. The molecule has 4 aromatic carbocycles. The Kier molecular flexibility index (Phi) is 17.4. The Morgan fingerprint density at radius 3 is 1.75 bits per heavy atom. The number of alkyl carbamates (subject to hydrolysis) is 1. The molecule has 11 nitrogen and oxygen atoms in total. The highest BCUT2D eigenvalue weighted by Crippen LogP contribution is 2.44. The molecule has 344 valence electrons. The number of amides is 3. The number of nitrogens with one attached hydrogen (secondary N) is 2. The van der Waals surface area contributed by atoms with Crippen molar-refractivity contribution in [3.63, 3.8) is 0 Å². The molecule has 11 heteroatoms. The van der Waals surface area contributed by atoms with Crippen molar-refractivity contribution >= 4 is 29.7 Å². The Balaban J connectivity index is 1.08. The molecule has 3 atom stereocenters. The summed E-state index contributed by atoms with van der Waals surface area (Å²) >= 11 is 0. The smallest absolute Gasteiger partial charge is 0.407 e. The molecular weight excluding hydrogens is 817 g/mol. The first-order chi connectivity index (χ1) is 31.7. The average molecular weight is 883 g/mol. The predicted octanol–water partition coefficient (Wildman–Crippen LogP) is 8.57. The number of carbonyl (C=O) groups is 5. The number of piperidine rings is 1. The van der Waals surface area contributed by atoms with Crippen LogP contribution in [0.3, 0.4) is 0 Å². The lowest BCUT2D eigenvalue weighted by Crippen LogP contribution is -2.57. The molecule has 0 spiro atoms. The van der Waals surface area contributed by atoms with Crippen LogP contribution in [0, 0.1) is 0 Å². The lowest BCUT2D eigenvalue weighted by atomic mass is 9.98. The minimum absolute atomic E-state index is 0.0345. The van der Waals surface area contributed by atoms with Gasteiger partial charge >= 0.3 is 12.1 Å². The third kappa shape index (κ3) is 13.4. The molecule has 2 aliphatic carbocycles. The molecule has 7 rings (SSSR count). The number of likely N-dealkylation sites (N-methyl/N-ethyl adjacent to an activating group) is 1. The number of likely N-dealkylation sites (tertiary alicyclic amines) is 1. The minimum Gasteiger partial charge on any atom is -0.462 e. The molecule has 0 bridgehead atoms. The number of hydrogen-bond donors (Lipinski definition) is 2. The molecule has 1 aliphatic heterocycles. The first-order valence-corrected chi connectivity index (χ1v) is 23.9. The van der Waals surface area contributed by atoms with Gasteiger partial charge in [0, 0.05) is 25.4 Å². The van der Waals surface area contributed by atoms with Gasteiger partial charge in [0.15, 0.2) is 5.78 Å². The Labute approximate surface area is 384 Å². The second kappa shape index (κ2) is 23.9. The van der Waals surface area contributed by atoms with Crippen LogP contribution in [-0.4, -0.2) is 97.0 Å². The summed E-state index contributed by atoms with van der Waals surface area (Å²) in [5, 5.41) is 5.85. The zero-order chi connectivity index (χ0) is 45.4. The third-order valence-electron chi connectivity index (χ3n) is 13.3. The SMILES string of the molecule is CN(CC(=O)[C@H](CC(=O)OC1CCCCCCCCC1)NC(=O)OCC1c2ccccc2-c2ccccc21)[C@@H](Cc1ccccc1)C(=O)N[C@@H](Cc1ccccc1)C(=O)N1CCCCC1. The second-order valence-electron chi connectivity index (χ2n) is 18.1. The summed E-state index contributed by atoms with van der Waals surface area (Å²) in [6, 6.07) is 32.3. The van der Waals surface area contributed by atoms with E-state index in [9.17, 15) is 24.0 Å². The average Bonchev–Trinajstić information content (AvgIpc) is 3.65. The number of fused-ring (bicyclic) bond motifs is 3. The quantitative estimate of drug-likeness (QED) is 0.101. The van der Waals surface area contributed by atoms with E-state index in [4.69, 9.17) is 9.47 Å². The number of carbonyl (C=O) groups excluding carboxylic acids is 5. The number of rotatable bonds is 17. The lowest BCUT2D eigenvalue weighted by molar-refractivity contribution is -0.151. The summed E-state index contributed by atoms with van der Waals surface area (Å²) in [5.41, 5.74) is 6.08. The highest BCUT2D eigenvalue weighted by atomic mass is 16.6. The fourth-order valence-corrected chi connectivity index (χ4v) is 9.72. The van der Waals surface area contributed by atoms with Gasteiger partial charge in [-0.3, -0.25) is 24.1 Å². The van der Waals surface area contributed by atoms with Gasteiger partial charge in [-0.1, -0.05) is 141 Å². The van der Waals surface area contributed by atoms with Crippen LogP contribution in [0.15, 0.2) is 109 Å². The van der Waals surface area contributed by atoms with E-state index in [2.05, 4.69) is 22.8 Å². The van der Waals surface area contributed by atoms with E-state index in [1.807, 2.05) is 102 Å². The van der Waals surface area contributed by atoms with Crippen LogP contribution in [0.25, 0.3) is 11.1 Å². The summed E-state index contributed by atoms with van der Waals surface area (Å²) in [6.07, 6.45) is 11.2. The van der Waals surface area contributed by atoms with Gasteiger partial charge in [0.05, 0.1) is 19.0 Å². The van der Waals surface area contributed by atoms with E-state index in [1.165, 1.54) is 19.3 Å². The van der Waals surface area contributed by atoms with Gasteiger partial charge in [-0.05, 0) is 91.8 Å². The minimum atomic E-state index is -1.29. The summed E-state index contributed by atoms with van der Waals surface area (Å²) < 4.78 is 11.9. The zero-order valence-corrected chi connectivity index (χ0v) is 38.0. The van der Waals surface area contributed by atoms with E-state index >= 15 is 0 Å². The van der Waals surface area contributed by atoms with Crippen LogP contribution in [-0.2, 0) is 41.5 Å². The molecule has 3 amide bonds. The fourth-order valence-electron chi connectivity index (χ4n) is 9.72. The maximum absolute atomic E-state index is 14.6. The first-order valence-electron chi connectivity index (χ1n) is 23.9. The number of esters is 1. The topological polar surface area (TPSA) is 134 Å². The Hall–Kier alpha value is -5.81. The summed E-state index contributed by atoms with van der Waals surface area (Å²) in [4.78, 5) is 74.2.